The van der Waals surface area contributed by atoms with E-state index in [4.69, 9.17) is 15.3 Å². The predicted octanol–water partition coefficient (Wildman–Crippen LogP) is 0.631. The topological polar surface area (TPSA) is 69.4 Å². The second-order valence-corrected chi connectivity index (χ2v) is 3.86. The van der Waals surface area contributed by atoms with Gasteiger partial charge in [0.2, 0.25) is 0 Å². The van der Waals surface area contributed by atoms with Gasteiger partial charge in [0.1, 0.15) is 11.4 Å². The van der Waals surface area contributed by atoms with Gasteiger partial charge in [0.25, 0.3) is 0 Å². The molecule has 5 nitrogen and oxygen atoms in total. The molecule has 0 aromatic carbocycles. The predicted molar refractivity (Wildman–Crippen MR) is 59.8 cm³/mol. The molecule has 1 aromatic rings. The lowest BCUT2D eigenvalue weighted by Gasteiger charge is -2.22. The quantitative estimate of drug-likeness (QED) is 0.579. The third-order valence-electron chi connectivity index (χ3n) is 2.93. The molecule has 2 atom stereocenters. The molecule has 0 radical (unpaired) electrons. The van der Waals surface area contributed by atoms with Gasteiger partial charge in [-0.1, -0.05) is 0 Å². The average molecular weight is 223 g/mol. The Balaban J connectivity index is 2.24. The van der Waals surface area contributed by atoms with Crippen LogP contribution in [0.3, 0.4) is 0 Å². The molecule has 1 aliphatic rings. The Labute approximate surface area is 94.9 Å². The van der Waals surface area contributed by atoms with Gasteiger partial charge in [0.05, 0.1) is 19.8 Å². The van der Waals surface area contributed by atoms with Gasteiger partial charge in [-0.05, 0) is 18.6 Å². The fourth-order valence-electron chi connectivity index (χ4n) is 2.06. The second-order valence-electron chi connectivity index (χ2n) is 3.86. The zero-order chi connectivity index (χ0) is 11.4. The first kappa shape index (κ1) is 11.3. The smallest absolute Gasteiger partial charge is 0.142 e. The highest BCUT2D eigenvalue weighted by atomic mass is 16.5. The number of nitrogens with two attached hydrogens (primary N) is 1. The van der Waals surface area contributed by atoms with E-state index in [1.165, 1.54) is 0 Å². The standard InChI is InChI=1S/C11H17N3O2/c1-15-9-3-2-5-13-11(9)10(14-12)8-4-6-16-7-8/h2-3,5,8,10,14H,4,6-7,12H2,1H3. The minimum atomic E-state index is -0.0151. The zero-order valence-electron chi connectivity index (χ0n) is 9.35. The van der Waals surface area contributed by atoms with Crippen molar-refractivity contribution in [3.63, 3.8) is 0 Å². The molecule has 0 spiro atoms. The highest BCUT2D eigenvalue weighted by molar-refractivity contribution is 5.30. The van der Waals surface area contributed by atoms with Gasteiger partial charge in [0, 0.05) is 18.7 Å². The van der Waals surface area contributed by atoms with Crippen molar-refractivity contribution in [3.05, 3.63) is 24.0 Å². The van der Waals surface area contributed by atoms with E-state index in [2.05, 4.69) is 10.4 Å². The van der Waals surface area contributed by atoms with Crippen molar-refractivity contribution < 1.29 is 9.47 Å². The molecule has 0 amide bonds. The molecule has 2 heterocycles. The minimum absolute atomic E-state index is 0.0151. The van der Waals surface area contributed by atoms with Crippen LogP contribution in [0.1, 0.15) is 18.2 Å². The van der Waals surface area contributed by atoms with Crippen molar-refractivity contribution in [2.75, 3.05) is 20.3 Å². The van der Waals surface area contributed by atoms with Crippen molar-refractivity contribution in [1.82, 2.24) is 10.4 Å². The largest absolute Gasteiger partial charge is 0.495 e. The lowest BCUT2D eigenvalue weighted by atomic mass is 9.96. The molecule has 2 rings (SSSR count). The molecule has 1 saturated heterocycles. The number of pyridine rings is 1. The number of rotatable bonds is 4. The summed E-state index contributed by atoms with van der Waals surface area (Å²) in [6.07, 6.45) is 2.74. The van der Waals surface area contributed by atoms with Crippen molar-refractivity contribution in [2.45, 2.75) is 12.5 Å². The molecule has 2 unspecified atom stereocenters. The van der Waals surface area contributed by atoms with Gasteiger partial charge in [-0.3, -0.25) is 16.3 Å². The summed E-state index contributed by atoms with van der Waals surface area (Å²) in [5.74, 6) is 6.72. The molecule has 1 fully saturated rings. The molecule has 0 saturated carbocycles. The Bertz CT molecular complexity index is 340. The van der Waals surface area contributed by atoms with Gasteiger partial charge in [-0.2, -0.15) is 0 Å². The molecular weight excluding hydrogens is 206 g/mol. The summed E-state index contributed by atoms with van der Waals surface area (Å²) in [7, 11) is 1.64. The van der Waals surface area contributed by atoms with Crippen LogP contribution in [0, 0.1) is 5.92 Å². The van der Waals surface area contributed by atoms with E-state index in [-0.39, 0.29) is 6.04 Å². The van der Waals surface area contributed by atoms with Crippen LogP contribution in [0.4, 0.5) is 0 Å². The molecular formula is C11H17N3O2. The summed E-state index contributed by atoms with van der Waals surface area (Å²) in [6.45, 7) is 1.51. The number of aromatic nitrogens is 1. The summed E-state index contributed by atoms with van der Waals surface area (Å²) in [5.41, 5.74) is 3.66. The van der Waals surface area contributed by atoms with E-state index < -0.39 is 0 Å². The van der Waals surface area contributed by atoms with Crippen molar-refractivity contribution in [2.24, 2.45) is 11.8 Å². The number of nitrogens with zero attached hydrogens (tertiary/aromatic N) is 1. The Hall–Kier alpha value is -1.17. The van der Waals surface area contributed by atoms with E-state index in [1.54, 1.807) is 13.3 Å². The fourth-order valence-corrected chi connectivity index (χ4v) is 2.06. The third kappa shape index (κ3) is 2.16. The number of ether oxygens (including phenoxy) is 2. The van der Waals surface area contributed by atoms with Gasteiger partial charge >= 0.3 is 0 Å². The number of hydrazine groups is 1. The molecule has 0 aliphatic carbocycles. The highest BCUT2D eigenvalue weighted by Crippen LogP contribution is 2.31. The highest BCUT2D eigenvalue weighted by Gasteiger charge is 2.29. The Morgan fingerprint density at radius 2 is 2.56 bits per heavy atom. The van der Waals surface area contributed by atoms with E-state index >= 15 is 0 Å². The SMILES string of the molecule is COc1cccnc1C(NN)C1CCOC1. The Kier molecular flexibility index (Phi) is 3.71. The van der Waals surface area contributed by atoms with Crippen LogP contribution in [0.2, 0.25) is 0 Å². The van der Waals surface area contributed by atoms with Crippen molar-refractivity contribution >= 4 is 0 Å². The van der Waals surface area contributed by atoms with E-state index in [0.717, 1.165) is 24.5 Å². The van der Waals surface area contributed by atoms with Gasteiger partial charge in [-0.25, -0.2) is 0 Å². The molecule has 5 heteroatoms. The van der Waals surface area contributed by atoms with Crippen LogP contribution in [0.25, 0.3) is 0 Å². The van der Waals surface area contributed by atoms with E-state index in [0.29, 0.717) is 12.5 Å². The maximum Gasteiger partial charge on any atom is 0.142 e. The fraction of sp³-hybridized carbons (Fsp3) is 0.545. The minimum Gasteiger partial charge on any atom is -0.495 e. The van der Waals surface area contributed by atoms with Gasteiger partial charge in [-0.15, -0.1) is 0 Å². The van der Waals surface area contributed by atoms with Crippen LogP contribution in [-0.4, -0.2) is 25.3 Å². The average Bonchev–Trinajstić information content (AvgIpc) is 2.84. The van der Waals surface area contributed by atoms with Crippen LogP contribution < -0.4 is 16.0 Å². The van der Waals surface area contributed by atoms with E-state index in [1.807, 2.05) is 12.1 Å². The molecule has 3 N–H and O–H groups in total. The van der Waals surface area contributed by atoms with E-state index in [9.17, 15) is 0 Å². The Morgan fingerprint density at radius 3 is 3.19 bits per heavy atom. The second kappa shape index (κ2) is 5.25. The first-order valence-corrected chi connectivity index (χ1v) is 5.39. The van der Waals surface area contributed by atoms with Gasteiger partial charge in [0.15, 0.2) is 0 Å². The van der Waals surface area contributed by atoms with Crippen LogP contribution in [0.15, 0.2) is 18.3 Å². The van der Waals surface area contributed by atoms with Crippen molar-refractivity contribution in [1.29, 1.82) is 0 Å². The van der Waals surface area contributed by atoms with Crippen LogP contribution in [-0.2, 0) is 4.74 Å². The number of methoxy groups -OCH3 is 1. The normalized spacial score (nSPS) is 22.0. The summed E-state index contributed by atoms with van der Waals surface area (Å²) in [6, 6.07) is 3.72. The van der Waals surface area contributed by atoms with Crippen molar-refractivity contribution in [3.8, 4) is 5.75 Å². The summed E-state index contributed by atoms with van der Waals surface area (Å²) < 4.78 is 10.7. The molecule has 16 heavy (non-hydrogen) atoms. The van der Waals surface area contributed by atoms with Gasteiger partial charge < -0.3 is 9.47 Å². The molecule has 1 aromatic heterocycles. The first-order valence-electron chi connectivity index (χ1n) is 5.39. The number of nitrogens with one attached hydrogen (secondary N) is 1. The lowest BCUT2D eigenvalue weighted by Crippen LogP contribution is -2.34. The summed E-state index contributed by atoms with van der Waals surface area (Å²) >= 11 is 0. The number of hydrogen-bond acceptors (Lipinski definition) is 5. The Morgan fingerprint density at radius 1 is 1.69 bits per heavy atom. The third-order valence-corrected chi connectivity index (χ3v) is 2.93. The van der Waals surface area contributed by atoms with Crippen LogP contribution in [0.5, 0.6) is 5.75 Å². The maximum atomic E-state index is 5.61. The zero-order valence-corrected chi connectivity index (χ0v) is 9.35. The van der Waals surface area contributed by atoms with Crippen LogP contribution >= 0.6 is 0 Å². The molecule has 0 bridgehead atoms. The summed E-state index contributed by atoms with van der Waals surface area (Å²) in [4.78, 5) is 4.34. The molecule has 88 valence electrons. The monoisotopic (exact) mass is 223 g/mol. The maximum absolute atomic E-state index is 5.61. The first-order chi connectivity index (χ1) is 7.86. The summed E-state index contributed by atoms with van der Waals surface area (Å²) in [5, 5.41) is 0. The molecule has 1 aliphatic heterocycles. The number of hydrogen-bond donors (Lipinski definition) is 2. The lowest BCUT2D eigenvalue weighted by molar-refractivity contribution is 0.175.